The second-order valence-corrected chi connectivity index (χ2v) is 4.89. The fourth-order valence-corrected chi connectivity index (χ4v) is 2.14. The summed E-state index contributed by atoms with van der Waals surface area (Å²) in [6.45, 7) is 6.70. The van der Waals surface area contributed by atoms with Crippen LogP contribution in [0.3, 0.4) is 0 Å². The summed E-state index contributed by atoms with van der Waals surface area (Å²) in [6.07, 6.45) is -3.76. The van der Waals surface area contributed by atoms with E-state index in [1.165, 1.54) is 0 Å². The smallest absolute Gasteiger partial charge is 0.314 e. The molecular weight excluding hydrogens is 217 g/mol. The van der Waals surface area contributed by atoms with E-state index in [2.05, 4.69) is 19.2 Å². The first-order chi connectivity index (χ1) is 7.38. The third-order valence-electron chi connectivity index (χ3n) is 2.90. The van der Waals surface area contributed by atoms with Crippen molar-refractivity contribution in [1.29, 1.82) is 0 Å². The molecule has 1 atom stereocenters. The van der Waals surface area contributed by atoms with Crippen LogP contribution in [0.15, 0.2) is 0 Å². The highest BCUT2D eigenvalue weighted by Crippen LogP contribution is 2.22. The van der Waals surface area contributed by atoms with Gasteiger partial charge in [-0.1, -0.05) is 13.8 Å². The lowest BCUT2D eigenvalue weighted by Crippen LogP contribution is -2.52. The average molecular weight is 238 g/mol. The summed E-state index contributed by atoms with van der Waals surface area (Å²) >= 11 is 0. The van der Waals surface area contributed by atoms with Crippen LogP contribution >= 0.6 is 0 Å². The quantitative estimate of drug-likeness (QED) is 0.808. The van der Waals surface area contributed by atoms with Crippen molar-refractivity contribution in [1.82, 2.24) is 10.2 Å². The molecule has 1 fully saturated rings. The van der Waals surface area contributed by atoms with Gasteiger partial charge in [0, 0.05) is 32.2 Å². The highest BCUT2D eigenvalue weighted by molar-refractivity contribution is 4.81. The maximum atomic E-state index is 12.2. The first-order valence-corrected chi connectivity index (χ1v) is 5.90. The van der Waals surface area contributed by atoms with Crippen molar-refractivity contribution in [3.63, 3.8) is 0 Å². The van der Waals surface area contributed by atoms with E-state index in [0.29, 0.717) is 5.92 Å². The molecule has 1 rings (SSSR count). The molecule has 0 aromatic carbocycles. The summed E-state index contributed by atoms with van der Waals surface area (Å²) in [7, 11) is 0. The van der Waals surface area contributed by atoms with Gasteiger partial charge < -0.3 is 5.32 Å². The molecule has 0 aliphatic carbocycles. The Morgan fingerprint density at radius 1 is 1.38 bits per heavy atom. The summed E-state index contributed by atoms with van der Waals surface area (Å²) in [5, 5.41) is 3.24. The summed E-state index contributed by atoms with van der Waals surface area (Å²) in [4.78, 5) is 1.98. The van der Waals surface area contributed by atoms with Crippen LogP contribution in [0.25, 0.3) is 0 Å². The van der Waals surface area contributed by atoms with Gasteiger partial charge in [-0.15, -0.1) is 0 Å². The van der Waals surface area contributed by atoms with Crippen LogP contribution in [0, 0.1) is 5.92 Å². The summed E-state index contributed by atoms with van der Waals surface area (Å²) in [6, 6.07) is 0.260. The van der Waals surface area contributed by atoms with Crippen LogP contribution < -0.4 is 5.32 Å². The fourth-order valence-electron chi connectivity index (χ4n) is 2.14. The Kier molecular flexibility index (Phi) is 5.05. The molecule has 0 aromatic heterocycles. The Balaban J connectivity index is 2.41. The van der Waals surface area contributed by atoms with Crippen molar-refractivity contribution < 1.29 is 13.2 Å². The predicted octanol–water partition coefficient (Wildman–Crippen LogP) is 2.26. The van der Waals surface area contributed by atoms with E-state index < -0.39 is 12.6 Å². The van der Waals surface area contributed by atoms with Gasteiger partial charge in [-0.2, -0.15) is 13.2 Å². The zero-order valence-electron chi connectivity index (χ0n) is 9.98. The Morgan fingerprint density at radius 3 is 2.62 bits per heavy atom. The highest BCUT2D eigenvalue weighted by atomic mass is 19.4. The molecule has 0 bridgehead atoms. The number of alkyl halides is 3. The van der Waals surface area contributed by atoms with Gasteiger partial charge in [0.05, 0.1) is 6.42 Å². The van der Waals surface area contributed by atoms with E-state index in [9.17, 15) is 13.2 Å². The Labute approximate surface area is 95.2 Å². The molecule has 1 aliphatic rings. The van der Waals surface area contributed by atoms with Crippen molar-refractivity contribution in [3.8, 4) is 0 Å². The molecule has 1 saturated heterocycles. The van der Waals surface area contributed by atoms with Gasteiger partial charge in [0.1, 0.15) is 0 Å². The number of hydrogen-bond donors (Lipinski definition) is 1. The standard InChI is InChI=1S/C11H21F3N2/c1-9(2)7-10-8-15-4-6-16(10)5-3-11(12,13)14/h9-10,15H,3-8H2,1-2H3. The fraction of sp³-hybridized carbons (Fsp3) is 1.00. The van der Waals surface area contributed by atoms with Gasteiger partial charge in [-0.3, -0.25) is 4.90 Å². The molecule has 0 radical (unpaired) electrons. The minimum atomic E-state index is -4.03. The second kappa shape index (κ2) is 5.87. The van der Waals surface area contributed by atoms with E-state index in [4.69, 9.17) is 0 Å². The molecule has 0 saturated carbocycles. The van der Waals surface area contributed by atoms with Crippen LogP contribution in [0.4, 0.5) is 13.2 Å². The molecule has 96 valence electrons. The monoisotopic (exact) mass is 238 g/mol. The van der Waals surface area contributed by atoms with Gasteiger partial charge in [-0.05, 0) is 12.3 Å². The Hall–Kier alpha value is -0.290. The van der Waals surface area contributed by atoms with Gasteiger partial charge in [0.25, 0.3) is 0 Å². The summed E-state index contributed by atoms with van der Waals surface area (Å²) in [5.74, 6) is 0.526. The maximum absolute atomic E-state index is 12.2. The molecule has 0 amide bonds. The van der Waals surface area contributed by atoms with Crippen molar-refractivity contribution in [2.75, 3.05) is 26.2 Å². The van der Waals surface area contributed by atoms with E-state index in [-0.39, 0.29) is 12.6 Å². The topological polar surface area (TPSA) is 15.3 Å². The zero-order valence-corrected chi connectivity index (χ0v) is 9.98. The molecule has 0 aromatic rings. The molecule has 0 spiro atoms. The molecule has 16 heavy (non-hydrogen) atoms. The van der Waals surface area contributed by atoms with Crippen molar-refractivity contribution >= 4 is 0 Å². The predicted molar refractivity (Wildman–Crippen MR) is 58.4 cm³/mol. The summed E-state index contributed by atoms with van der Waals surface area (Å²) in [5.41, 5.74) is 0. The minimum absolute atomic E-state index is 0.141. The largest absolute Gasteiger partial charge is 0.390 e. The molecule has 1 unspecified atom stereocenters. The van der Waals surface area contributed by atoms with Crippen molar-refractivity contribution in [2.45, 2.75) is 38.9 Å². The zero-order chi connectivity index (χ0) is 12.2. The molecule has 1 N–H and O–H groups in total. The molecule has 1 aliphatic heterocycles. The number of halogens is 3. The third-order valence-corrected chi connectivity index (χ3v) is 2.90. The third kappa shape index (κ3) is 5.16. The lowest BCUT2D eigenvalue weighted by Gasteiger charge is -2.37. The van der Waals surface area contributed by atoms with Gasteiger partial charge >= 0.3 is 6.18 Å². The lowest BCUT2D eigenvalue weighted by molar-refractivity contribution is -0.139. The van der Waals surface area contributed by atoms with Gasteiger partial charge in [0.15, 0.2) is 0 Å². The average Bonchev–Trinajstić information content (AvgIpc) is 2.14. The van der Waals surface area contributed by atoms with Gasteiger partial charge in [0.2, 0.25) is 0 Å². The van der Waals surface area contributed by atoms with Crippen LogP contribution in [0.5, 0.6) is 0 Å². The normalized spacial score (nSPS) is 24.0. The maximum Gasteiger partial charge on any atom is 0.390 e. The number of piperazine rings is 1. The second-order valence-electron chi connectivity index (χ2n) is 4.89. The van der Waals surface area contributed by atoms with E-state index >= 15 is 0 Å². The Bertz CT molecular complexity index is 204. The van der Waals surface area contributed by atoms with Crippen molar-refractivity contribution in [3.05, 3.63) is 0 Å². The minimum Gasteiger partial charge on any atom is -0.314 e. The number of hydrogen-bond acceptors (Lipinski definition) is 2. The molecule has 2 nitrogen and oxygen atoms in total. The molecule has 5 heteroatoms. The van der Waals surface area contributed by atoms with E-state index in [0.717, 1.165) is 26.1 Å². The highest BCUT2D eigenvalue weighted by Gasteiger charge is 2.30. The van der Waals surface area contributed by atoms with Gasteiger partial charge in [-0.25, -0.2) is 0 Å². The lowest BCUT2D eigenvalue weighted by atomic mass is 10.0. The van der Waals surface area contributed by atoms with Crippen LogP contribution in [-0.2, 0) is 0 Å². The molecular formula is C11H21F3N2. The van der Waals surface area contributed by atoms with E-state index in [1.807, 2.05) is 4.90 Å². The summed E-state index contributed by atoms with van der Waals surface area (Å²) < 4.78 is 36.5. The first-order valence-electron chi connectivity index (χ1n) is 5.90. The van der Waals surface area contributed by atoms with Crippen molar-refractivity contribution in [2.24, 2.45) is 5.92 Å². The van der Waals surface area contributed by atoms with Crippen LogP contribution in [0.1, 0.15) is 26.7 Å². The first kappa shape index (κ1) is 13.8. The molecule has 1 heterocycles. The van der Waals surface area contributed by atoms with Crippen LogP contribution in [0.2, 0.25) is 0 Å². The number of nitrogens with one attached hydrogen (secondary N) is 1. The number of nitrogens with zero attached hydrogens (tertiary/aromatic N) is 1. The van der Waals surface area contributed by atoms with Crippen LogP contribution in [-0.4, -0.2) is 43.3 Å². The van der Waals surface area contributed by atoms with E-state index in [1.54, 1.807) is 0 Å². The Morgan fingerprint density at radius 2 is 2.06 bits per heavy atom. The SMILES string of the molecule is CC(C)CC1CNCCN1CCC(F)(F)F. The number of rotatable bonds is 4.